The Hall–Kier alpha value is -2.10. The van der Waals surface area contributed by atoms with Crippen LogP contribution in [0.5, 0.6) is 0 Å². The number of carbonyl (C=O) groups excluding carboxylic acids is 1. The molecule has 3 spiro atoms. The fourth-order valence-electron chi connectivity index (χ4n) is 10.6. The minimum absolute atomic E-state index is 0.00632. The molecule has 6 aliphatic heterocycles. The van der Waals surface area contributed by atoms with Gasteiger partial charge in [0.1, 0.15) is 12.2 Å². The van der Waals surface area contributed by atoms with Gasteiger partial charge in [0.15, 0.2) is 11.6 Å². The summed E-state index contributed by atoms with van der Waals surface area (Å²) in [4.78, 5) is 17.9. The normalized spacial score (nSPS) is 44.7. The summed E-state index contributed by atoms with van der Waals surface area (Å²) in [5, 5.41) is 22.4. The van der Waals surface area contributed by atoms with Crippen molar-refractivity contribution in [2.24, 2.45) is 28.2 Å². The summed E-state index contributed by atoms with van der Waals surface area (Å²) >= 11 is 0. The number of ether oxygens (including phenoxy) is 4. The first-order chi connectivity index (χ1) is 23.8. The number of aliphatic hydroxyl groups is 2. The van der Waals surface area contributed by atoms with Crippen LogP contribution in [0.2, 0.25) is 0 Å². The van der Waals surface area contributed by atoms with E-state index in [1.165, 1.54) is 22.4 Å². The highest BCUT2D eigenvalue weighted by molar-refractivity contribution is 5.92. The monoisotopic (exact) mass is 691 g/mol. The molecule has 8 nitrogen and oxygen atoms in total. The summed E-state index contributed by atoms with van der Waals surface area (Å²) in [6.07, 6.45) is 14.0. The lowest BCUT2D eigenvalue weighted by atomic mass is 9.56. The first-order valence-electron chi connectivity index (χ1n) is 19.7. The maximum absolute atomic E-state index is 12.4. The Balaban J connectivity index is 1.25. The van der Waals surface area contributed by atoms with Crippen molar-refractivity contribution in [3.8, 4) is 0 Å². The highest BCUT2D eigenvalue weighted by Gasteiger charge is 2.59. The Morgan fingerprint density at radius 1 is 0.900 bits per heavy atom. The van der Waals surface area contributed by atoms with Crippen molar-refractivity contribution in [1.29, 1.82) is 0 Å². The standard InChI is InChI=1S/C42H61NO7/c1-25-8-7-9-36-40(21-28(4)29(5)24-43-36)16-15-34(39-27(3)20-38(46)47-39)30(6)35(40)19-26(2)10-11-32-14-17-41(48-32)22-31(44)23-42(50-41)37(45)13-12-33(18-25)49-42/h19-20,28-29,31-33,35,37,39,44-45H,1,7-18,21-24H2,2-6H3. The van der Waals surface area contributed by atoms with Crippen LogP contribution in [0.15, 0.2) is 51.6 Å². The lowest BCUT2D eigenvalue weighted by molar-refractivity contribution is -0.425. The zero-order chi connectivity index (χ0) is 35.4. The van der Waals surface area contributed by atoms with Crippen LogP contribution >= 0.6 is 0 Å². The van der Waals surface area contributed by atoms with E-state index >= 15 is 0 Å². The highest BCUT2D eigenvalue weighted by atomic mass is 16.8. The van der Waals surface area contributed by atoms with Gasteiger partial charge in [-0.3, -0.25) is 4.99 Å². The molecule has 11 unspecified atom stereocenters. The van der Waals surface area contributed by atoms with Gasteiger partial charge in [0, 0.05) is 48.9 Å². The van der Waals surface area contributed by atoms with Gasteiger partial charge in [-0.2, -0.15) is 0 Å². The lowest BCUT2D eigenvalue weighted by Crippen LogP contribution is -2.63. The fraction of sp³-hybridized carbons (Fsp3) is 0.762. The molecule has 2 N–H and O–H groups in total. The zero-order valence-electron chi connectivity index (χ0n) is 31.2. The molecule has 7 rings (SSSR count). The predicted molar refractivity (Wildman–Crippen MR) is 193 cm³/mol. The Kier molecular flexibility index (Phi) is 10.2. The number of carbonyl (C=O) groups is 1. The molecule has 6 heterocycles. The number of nitrogens with zero attached hydrogens (tertiary/aromatic N) is 1. The van der Waals surface area contributed by atoms with Gasteiger partial charge in [-0.05, 0) is 121 Å². The Morgan fingerprint density at radius 3 is 2.50 bits per heavy atom. The SMILES string of the molecule is C=C1CCCC2=NCC(C)C(C)CC23CCC(C2OC(=O)C=C2C)=C(C)C3C=C(C)CCC2CCC3(CC(O)CC4(OC(CCC4O)C1)O3)O2. The highest BCUT2D eigenvalue weighted by Crippen LogP contribution is 2.55. The summed E-state index contributed by atoms with van der Waals surface area (Å²) in [6, 6.07) is 0. The van der Waals surface area contributed by atoms with E-state index in [-0.39, 0.29) is 42.0 Å². The van der Waals surface area contributed by atoms with E-state index in [1.807, 2.05) is 6.92 Å². The second kappa shape index (κ2) is 14.0. The summed E-state index contributed by atoms with van der Waals surface area (Å²) in [6.45, 7) is 16.7. The molecule has 276 valence electrons. The maximum Gasteiger partial charge on any atom is 0.331 e. The Labute approximate surface area is 299 Å². The largest absolute Gasteiger partial charge is 0.450 e. The number of hydrogen-bond donors (Lipinski definition) is 2. The van der Waals surface area contributed by atoms with Crippen molar-refractivity contribution in [3.63, 3.8) is 0 Å². The molecule has 3 fully saturated rings. The number of fused-ring (bicyclic) bond motifs is 2. The molecule has 0 aromatic carbocycles. The summed E-state index contributed by atoms with van der Waals surface area (Å²) < 4.78 is 26.0. The predicted octanol–water partition coefficient (Wildman–Crippen LogP) is 7.83. The zero-order valence-corrected chi connectivity index (χ0v) is 31.2. The number of hydrogen-bond acceptors (Lipinski definition) is 8. The maximum atomic E-state index is 12.4. The molecule has 0 amide bonds. The van der Waals surface area contributed by atoms with Gasteiger partial charge in [0.2, 0.25) is 0 Å². The smallest absolute Gasteiger partial charge is 0.331 e. The molecule has 50 heavy (non-hydrogen) atoms. The summed E-state index contributed by atoms with van der Waals surface area (Å²) in [5.41, 5.74) is 7.34. The first-order valence-corrected chi connectivity index (χ1v) is 19.7. The first kappa shape index (κ1) is 36.3. The third-order valence-corrected chi connectivity index (χ3v) is 13.6. The third-order valence-electron chi connectivity index (χ3n) is 13.6. The Morgan fingerprint density at radius 2 is 1.72 bits per heavy atom. The number of rotatable bonds is 1. The molecule has 11 atom stereocenters. The second-order valence-electron chi connectivity index (χ2n) is 17.4. The van der Waals surface area contributed by atoms with E-state index in [0.29, 0.717) is 37.5 Å². The van der Waals surface area contributed by atoms with Crippen LogP contribution in [0.3, 0.4) is 0 Å². The van der Waals surface area contributed by atoms with Crippen LogP contribution in [0.4, 0.5) is 0 Å². The van der Waals surface area contributed by atoms with Gasteiger partial charge in [0.25, 0.3) is 0 Å². The van der Waals surface area contributed by atoms with Crippen LogP contribution in [0.25, 0.3) is 0 Å². The van der Waals surface area contributed by atoms with Crippen molar-refractivity contribution >= 4 is 11.7 Å². The van der Waals surface area contributed by atoms with Crippen LogP contribution in [0, 0.1) is 23.2 Å². The second-order valence-corrected chi connectivity index (χ2v) is 17.4. The van der Waals surface area contributed by atoms with E-state index in [2.05, 4.69) is 40.3 Å². The van der Waals surface area contributed by atoms with Crippen LogP contribution in [0.1, 0.15) is 131 Å². The van der Waals surface area contributed by atoms with Crippen molar-refractivity contribution in [2.75, 3.05) is 6.54 Å². The minimum atomic E-state index is -1.26. The number of cyclic esters (lactones) is 1. The molecule has 0 aromatic heterocycles. The molecule has 0 aromatic rings. The van der Waals surface area contributed by atoms with Crippen molar-refractivity contribution in [2.45, 2.75) is 173 Å². The van der Waals surface area contributed by atoms with Crippen LogP contribution in [-0.4, -0.2) is 70.5 Å². The van der Waals surface area contributed by atoms with E-state index in [0.717, 1.165) is 81.9 Å². The van der Waals surface area contributed by atoms with E-state index in [1.54, 1.807) is 6.08 Å². The van der Waals surface area contributed by atoms with Crippen LogP contribution < -0.4 is 0 Å². The molecule has 8 heteroatoms. The van der Waals surface area contributed by atoms with E-state index < -0.39 is 23.8 Å². The summed E-state index contributed by atoms with van der Waals surface area (Å²) in [5.74, 6) is -1.24. The van der Waals surface area contributed by atoms with Gasteiger partial charge < -0.3 is 29.2 Å². The molecular formula is C42H61NO7. The molecule has 3 saturated heterocycles. The lowest BCUT2D eigenvalue weighted by Gasteiger charge is -2.52. The number of aliphatic hydroxyl groups excluding tert-OH is 2. The average molecular weight is 692 g/mol. The van der Waals surface area contributed by atoms with Crippen LogP contribution in [-0.2, 0) is 23.7 Å². The van der Waals surface area contributed by atoms with Gasteiger partial charge in [-0.1, -0.05) is 43.2 Å². The van der Waals surface area contributed by atoms with E-state index in [9.17, 15) is 15.0 Å². The summed E-state index contributed by atoms with van der Waals surface area (Å²) in [7, 11) is 0. The van der Waals surface area contributed by atoms with Gasteiger partial charge in [0.05, 0.1) is 18.3 Å². The molecule has 0 radical (unpaired) electrons. The van der Waals surface area contributed by atoms with Gasteiger partial charge >= 0.3 is 5.97 Å². The average Bonchev–Trinajstić information content (AvgIpc) is 3.57. The van der Waals surface area contributed by atoms with Gasteiger partial charge in [-0.15, -0.1) is 0 Å². The van der Waals surface area contributed by atoms with Crippen molar-refractivity contribution in [1.82, 2.24) is 0 Å². The van der Waals surface area contributed by atoms with E-state index in [4.69, 9.17) is 23.9 Å². The fourth-order valence-corrected chi connectivity index (χ4v) is 10.6. The topological polar surface area (TPSA) is 107 Å². The van der Waals surface area contributed by atoms with Crippen molar-refractivity contribution < 1.29 is 34.0 Å². The number of aliphatic imine (C=N–C) groups is 1. The van der Waals surface area contributed by atoms with Crippen molar-refractivity contribution in [3.05, 3.63) is 46.6 Å². The molecule has 4 bridgehead atoms. The molecule has 7 aliphatic rings. The quantitative estimate of drug-likeness (QED) is 0.213. The number of allylic oxidation sites excluding steroid dienone is 3. The minimum Gasteiger partial charge on any atom is -0.450 e. The Bertz CT molecular complexity index is 1480. The molecule has 1 aliphatic carbocycles. The van der Waals surface area contributed by atoms with Gasteiger partial charge in [-0.25, -0.2) is 4.79 Å². The third kappa shape index (κ3) is 6.89. The molecular weight excluding hydrogens is 630 g/mol. The molecule has 0 saturated carbocycles. The number of esters is 1.